The van der Waals surface area contributed by atoms with Gasteiger partial charge in [-0.25, -0.2) is 0 Å². The van der Waals surface area contributed by atoms with Gasteiger partial charge in [0.05, 0.1) is 12.3 Å². The van der Waals surface area contributed by atoms with Crippen LogP contribution in [0, 0.1) is 16.7 Å². The zero-order valence-corrected chi connectivity index (χ0v) is 9.35. The molecule has 0 heterocycles. The van der Waals surface area contributed by atoms with E-state index in [1.54, 1.807) is 0 Å². The predicted molar refractivity (Wildman–Crippen MR) is 56.6 cm³/mol. The van der Waals surface area contributed by atoms with E-state index in [9.17, 15) is 4.79 Å². The van der Waals surface area contributed by atoms with Crippen LogP contribution in [0.5, 0.6) is 0 Å². The Balaban J connectivity index is 4.02. The second-order valence-corrected chi connectivity index (χ2v) is 4.32. The van der Waals surface area contributed by atoms with Gasteiger partial charge < -0.3 is 10.4 Å². The number of amidine groups is 1. The van der Waals surface area contributed by atoms with Crippen molar-refractivity contribution >= 4 is 11.8 Å². The first-order chi connectivity index (χ1) is 6.28. The summed E-state index contributed by atoms with van der Waals surface area (Å²) in [6.45, 7) is 8.38. The van der Waals surface area contributed by atoms with Crippen molar-refractivity contribution in [1.82, 2.24) is 5.32 Å². The van der Waals surface area contributed by atoms with Gasteiger partial charge in [-0.2, -0.15) is 0 Å². The molecule has 0 radical (unpaired) electrons. The molecule has 3 N–H and O–H groups in total. The average molecular weight is 200 g/mol. The highest BCUT2D eigenvalue weighted by molar-refractivity contribution is 5.85. The topological polar surface area (TPSA) is 73.2 Å². The summed E-state index contributed by atoms with van der Waals surface area (Å²) in [5.41, 5.74) is -0.224. The first kappa shape index (κ1) is 12.9. The van der Waals surface area contributed by atoms with Crippen molar-refractivity contribution in [3.8, 4) is 0 Å². The lowest BCUT2D eigenvalue weighted by atomic mass is 9.80. The molecule has 0 saturated heterocycles. The molecule has 0 aliphatic heterocycles. The average Bonchev–Trinajstić information content (AvgIpc) is 2.02. The van der Waals surface area contributed by atoms with Crippen LogP contribution in [0.2, 0.25) is 0 Å². The van der Waals surface area contributed by atoms with Gasteiger partial charge in [0.15, 0.2) is 0 Å². The van der Waals surface area contributed by atoms with E-state index in [0.717, 1.165) is 0 Å². The van der Waals surface area contributed by atoms with Crippen molar-refractivity contribution in [2.45, 2.75) is 34.1 Å². The van der Waals surface area contributed by atoms with Gasteiger partial charge in [0.2, 0.25) is 0 Å². The lowest BCUT2D eigenvalue weighted by Gasteiger charge is -2.30. The Bertz CT molecular complexity index is 222. The van der Waals surface area contributed by atoms with Crippen molar-refractivity contribution in [1.29, 1.82) is 5.41 Å². The number of carboxylic acid groups (broad SMARTS) is 1. The maximum absolute atomic E-state index is 10.3. The fraction of sp³-hybridized carbons (Fsp3) is 0.800. The molecule has 4 nitrogen and oxygen atoms in total. The largest absolute Gasteiger partial charge is 0.481 e. The number of carbonyl (C=O) groups is 1. The molecule has 0 amide bonds. The number of nitrogens with one attached hydrogen (secondary N) is 2. The van der Waals surface area contributed by atoms with Gasteiger partial charge in [0, 0.05) is 12.0 Å². The van der Waals surface area contributed by atoms with Gasteiger partial charge >= 0.3 is 5.97 Å². The Morgan fingerprint density at radius 3 is 2.36 bits per heavy atom. The van der Waals surface area contributed by atoms with Gasteiger partial charge in [-0.05, 0) is 5.92 Å². The number of carboxylic acids is 1. The molecule has 0 saturated carbocycles. The Labute approximate surface area is 85.2 Å². The molecule has 0 unspecified atom stereocenters. The van der Waals surface area contributed by atoms with Crippen molar-refractivity contribution in [3.63, 3.8) is 0 Å². The van der Waals surface area contributed by atoms with Gasteiger partial charge in [-0.1, -0.05) is 27.7 Å². The SMILES string of the molecule is CC(C)C(C)(C)C(=N)NCCC(=O)O. The highest BCUT2D eigenvalue weighted by atomic mass is 16.4. The highest BCUT2D eigenvalue weighted by Gasteiger charge is 2.27. The summed E-state index contributed by atoms with van der Waals surface area (Å²) in [5.74, 6) is -0.0752. The quantitative estimate of drug-likeness (QED) is 0.467. The first-order valence-corrected chi connectivity index (χ1v) is 4.83. The predicted octanol–water partition coefficient (Wildman–Crippen LogP) is 1.71. The highest BCUT2D eigenvalue weighted by Crippen LogP contribution is 2.25. The molecule has 0 spiro atoms. The molecular weight excluding hydrogens is 180 g/mol. The maximum Gasteiger partial charge on any atom is 0.305 e. The zero-order valence-electron chi connectivity index (χ0n) is 9.35. The molecular formula is C10H20N2O2. The van der Waals surface area contributed by atoms with E-state index in [1.807, 2.05) is 27.7 Å². The monoisotopic (exact) mass is 200 g/mol. The van der Waals surface area contributed by atoms with Crippen LogP contribution in [-0.2, 0) is 4.79 Å². The molecule has 0 fully saturated rings. The lowest BCUT2D eigenvalue weighted by Crippen LogP contribution is -2.40. The maximum atomic E-state index is 10.3. The van der Waals surface area contributed by atoms with Crippen LogP contribution in [0.1, 0.15) is 34.1 Å². The Hall–Kier alpha value is -1.06. The molecule has 0 bridgehead atoms. The van der Waals surface area contributed by atoms with E-state index in [0.29, 0.717) is 18.3 Å². The van der Waals surface area contributed by atoms with E-state index < -0.39 is 5.97 Å². The smallest absolute Gasteiger partial charge is 0.305 e. The molecule has 0 aromatic carbocycles. The second-order valence-electron chi connectivity index (χ2n) is 4.32. The Kier molecular flexibility index (Phi) is 4.60. The van der Waals surface area contributed by atoms with Crippen LogP contribution in [0.25, 0.3) is 0 Å². The minimum atomic E-state index is -0.840. The zero-order chi connectivity index (χ0) is 11.4. The summed E-state index contributed by atoms with van der Waals surface area (Å²) in [6.07, 6.45) is 0.0521. The number of aliphatic carboxylic acids is 1. The molecule has 0 aliphatic carbocycles. The van der Waals surface area contributed by atoms with Crippen molar-refractivity contribution in [3.05, 3.63) is 0 Å². The Morgan fingerprint density at radius 1 is 1.50 bits per heavy atom. The Morgan fingerprint density at radius 2 is 2.00 bits per heavy atom. The molecule has 0 aliphatic rings. The second kappa shape index (κ2) is 4.98. The van der Waals surface area contributed by atoms with Crippen molar-refractivity contribution in [2.75, 3.05) is 6.54 Å². The fourth-order valence-electron chi connectivity index (χ4n) is 0.811. The van der Waals surface area contributed by atoms with Crippen LogP contribution in [-0.4, -0.2) is 23.5 Å². The van der Waals surface area contributed by atoms with Crippen molar-refractivity contribution in [2.24, 2.45) is 11.3 Å². The third-order valence-electron chi connectivity index (χ3n) is 2.73. The summed E-state index contributed by atoms with van der Waals surface area (Å²) in [7, 11) is 0. The van der Waals surface area contributed by atoms with Crippen molar-refractivity contribution < 1.29 is 9.90 Å². The summed E-state index contributed by atoms with van der Waals surface area (Å²) in [5, 5.41) is 19.0. The molecule has 82 valence electrons. The third-order valence-corrected chi connectivity index (χ3v) is 2.73. The minimum Gasteiger partial charge on any atom is -0.481 e. The van der Waals surface area contributed by atoms with E-state index in [1.165, 1.54) is 0 Å². The fourth-order valence-corrected chi connectivity index (χ4v) is 0.811. The number of rotatable bonds is 5. The van der Waals surface area contributed by atoms with Gasteiger partial charge in [0.1, 0.15) is 0 Å². The molecule has 0 rings (SSSR count). The number of hydrogen-bond acceptors (Lipinski definition) is 2. The molecule has 0 aromatic heterocycles. The summed E-state index contributed by atoms with van der Waals surface area (Å²) in [6, 6.07) is 0. The molecule has 0 aromatic rings. The van der Waals surface area contributed by atoms with Crippen LogP contribution in [0.4, 0.5) is 0 Å². The van der Waals surface area contributed by atoms with E-state index >= 15 is 0 Å². The summed E-state index contributed by atoms with van der Waals surface area (Å²) in [4.78, 5) is 10.3. The minimum absolute atomic E-state index is 0.0521. The van der Waals surface area contributed by atoms with Gasteiger partial charge in [-0.3, -0.25) is 10.2 Å². The van der Waals surface area contributed by atoms with E-state index in [4.69, 9.17) is 10.5 Å². The van der Waals surface area contributed by atoms with E-state index in [2.05, 4.69) is 5.32 Å². The lowest BCUT2D eigenvalue weighted by molar-refractivity contribution is -0.136. The van der Waals surface area contributed by atoms with Crippen LogP contribution in [0.15, 0.2) is 0 Å². The molecule has 4 heteroatoms. The van der Waals surface area contributed by atoms with E-state index in [-0.39, 0.29) is 11.8 Å². The summed E-state index contributed by atoms with van der Waals surface area (Å²) >= 11 is 0. The van der Waals surface area contributed by atoms with Gasteiger partial charge in [0.25, 0.3) is 0 Å². The van der Waals surface area contributed by atoms with Crippen LogP contribution < -0.4 is 5.32 Å². The molecule has 14 heavy (non-hydrogen) atoms. The summed E-state index contributed by atoms with van der Waals surface area (Å²) < 4.78 is 0. The standard InChI is InChI=1S/C10H20N2O2/c1-7(2)10(3,4)9(11)12-6-5-8(13)14/h7H,5-6H2,1-4H3,(H2,11,12)(H,13,14). The molecule has 0 atom stereocenters. The first-order valence-electron chi connectivity index (χ1n) is 4.83. The van der Waals surface area contributed by atoms with Gasteiger partial charge in [-0.15, -0.1) is 0 Å². The van der Waals surface area contributed by atoms with Crippen LogP contribution >= 0.6 is 0 Å². The third kappa shape index (κ3) is 3.77. The number of hydrogen-bond donors (Lipinski definition) is 3. The normalized spacial score (nSPS) is 11.5. The van der Waals surface area contributed by atoms with Crippen LogP contribution in [0.3, 0.4) is 0 Å².